The van der Waals surface area contributed by atoms with Crippen molar-refractivity contribution >= 4 is 38.8 Å². The minimum absolute atomic E-state index is 0.0311. The molecule has 2 rings (SSSR count). The van der Waals surface area contributed by atoms with E-state index in [-0.39, 0.29) is 9.09 Å². The highest BCUT2D eigenvalue weighted by atomic mass is 32.2. The Labute approximate surface area is 125 Å². The Bertz CT molecular complexity index is 751. The number of nitrogens with zero attached hydrogens (tertiary/aromatic N) is 2. The number of carboxylic acids is 1. The van der Waals surface area contributed by atoms with Gasteiger partial charge in [0.1, 0.15) is 14.9 Å². The molecule has 2 aromatic rings. The van der Waals surface area contributed by atoms with E-state index in [1.807, 2.05) is 14.1 Å². The highest BCUT2D eigenvalue weighted by Crippen LogP contribution is 2.24. The van der Waals surface area contributed by atoms with Crippen molar-refractivity contribution in [2.45, 2.75) is 4.21 Å². The molecule has 7 nitrogen and oxygen atoms in total. The van der Waals surface area contributed by atoms with Gasteiger partial charge in [-0.2, -0.15) is 0 Å². The lowest BCUT2D eigenvalue weighted by Gasteiger charge is -2.11. The number of thiophene rings is 1. The van der Waals surface area contributed by atoms with Gasteiger partial charge in [0.25, 0.3) is 10.0 Å². The van der Waals surface area contributed by atoms with Crippen LogP contribution in [0.2, 0.25) is 0 Å². The highest BCUT2D eigenvalue weighted by molar-refractivity contribution is 7.94. The van der Waals surface area contributed by atoms with Gasteiger partial charge in [-0.3, -0.25) is 4.72 Å². The monoisotopic (exact) mass is 327 g/mol. The average molecular weight is 327 g/mol. The SMILES string of the molecule is CN(C)c1ccc(NS(=O)(=O)c2ccc(C(=O)O)s2)cn1. The third-order valence-corrected chi connectivity index (χ3v) is 5.46. The quantitative estimate of drug-likeness (QED) is 0.867. The number of carbonyl (C=O) groups is 1. The molecule has 2 N–H and O–H groups in total. The van der Waals surface area contributed by atoms with Crippen molar-refractivity contribution in [1.82, 2.24) is 4.98 Å². The number of anilines is 2. The van der Waals surface area contributed by atoms with Crippen LogP contribution in [0.25, 0.3) is 0 Å². The predicted octanol–water partition coefficient (Wildman–Crippen LogP) is 1.71. The van der Waals surface area contributed by atoms with Gasteiger partial charge in [-0.15, -0.1) is 11.3 Å². The molecule has 21 heavy (non-hydrogen) atoms. The smallest absolute Gasteiger partial charge is 0.345 e. The van der Waals surface area contributed by atoms with E-state index in [0.29, 0.717) is 22.8 Å². The molecule has 0 aliphatic heterocycles. The second kappa shape index (κ2) is 5.70. The summed E-state index contributed by atoms with van der Waals surface area (Å²) in [6.45, 7) is 0. The summed E-state index contributed by atoms with van der Waals surface area (Å²) in [6, 6.07) is 5.79. The van der Waals surface area contributed by atoms with Crippen LogP contribution < -0.4 is 9.62 Å². The van der Waals surface area contributed by atoms with Crippen LogP contribution in [0.1, 0.15) is 9.67 Å². The van der Waals surface area contributed by atoms with E-state index < -0.39 is 16.0 Å². The molecular weight excluding hydrogens is 314 g/mol. The summed E-state index contributed by atoms with van der Waals surface area (Å²) in [5.74, 6) is -0.458. The van der Waals surface area contributed by atoms with Gasteiger partial charge in [-0.05, 0) is 24.3 Å². The molecule has 0 fully saturated rings. The van der Waals surface area contributed by atoms with Crippen LogP contribution >= 0.6 is 11.3 Å². The highest BCUT2D eigenvalue weighted by Gasteiger charge is 2.19. The van der Waals surface area contributed by atoms with Gasteiger partial charge in [-0.25, -0.2) is 18.2 Å². The number of hydrogen-bond donors (Lipinski definition) is 2. The van der Waals surface area contributed by atoms with Crippen molar-refractivity contribution in [2.75, 3.05) is 23.7 Å². The fourth-order valence-electron chi connectivity index (χ4n) is 1.50. The van der Waals surface area contributed by atoms with E-state index in [4.69, 9.17) is 5.11 Å². The van der Waals surface area contributed by atoms with Crippen molar-refractivity contribution in [1.29, 1.82) is 0 Å². The zero-order valence-electron chi connectivity index (χ0n) is 11.3. The van der Waals surface area contributed by atoms with Gasteiger partial charge in [-0.1, -0.05) is 0 Å². The van der Waals surface area contributed by atoms with Crippen molar-refractivity contribution in [3.05, 3.63) is 35.3 Å². The van der Waals surface area contributed by atoms with Crippen LogP contribution in [0.15, 0.2) is 34.7 Å². The third kappa shape index (κ3) is 3.50. The van der Waals surface area contributed by atoms with E-state index in [1.165, 1.54) is 18.3 Å². The van der Waals surface area contributed by atoms with Crippen molar-refractivity contribution < 1.29 is 18.3 Å². The van der Waals surface area contributed by atoms with Crippen LogP contribution in [0.5, 0.6) is 0 Å². The average Bonchev–Trinajstić information content (AvgIpc) is 2.89. The summed E-state index contributed by atoms with van der Waals surface area (Å²) in [5, 5.41) is 8.82. The third-order valence-electron chi connectivity index (χ3n) is 2.52. The second-order valence-electron chi connectivity index (χ2n) is 4.33. The van der Waals surface area contributed by atoms with Gasteiger partial charge in [0.2, 0.25) is 0 Å². The first-order valence-corrected chi connectivity index (χ1v) is 8.09. The first kappa shape index (κ1) is 15.3. The Morgan fingerprint density at radius 2 is 2.00 bits per heavy atom. The predicted molar refractivity (Wildman–Crippen MR) is 80.7 cm³/mol. The molecular formula is C12H13N3O4S2. The Balaban J connectivity index is 2.22. The van der Waals surface area contributed by atoms with Gasteiger partial charge in [0, 0.05) is 14.1 Å². The summed E-state index contributed by atoms with van der Waals surface area (Å²) in [5.41, 5.74) is 0.311. The summed E-state index contributed by atoms with van der Waals surface area (Å²) in [6.07, 6.45) is 1.40. The maximum atomic E-state index is 12.1. The molecule has 0 saturated carbocycles. The number of carboxylic acid groups (broad SMARTS) is 1. The van der Waals surface area contributed by atoms with Crippen molar-refractivity contribution in [3.63, 3.8) is 0 Å². The minimum atomic E-state index is -3.81. The van der Waals surface area contributed by atoms with Crippen LogP contribution in [0.3, 0.4) is 0 Å². The van der Waals surface area contributed by atoms with E-state index in [2.05, 4.69) is 9.71 Å². The Morgan fingerprint density at radius 1 is 1.29 bits per heavy atom. The first-order valence-electron chi connectivity index (χ1n) is 5.79. The molecule has 0 unspecified atom stereocenters. The fraction of sp³-hybridized carbons (Fsp3) is 0.167. The molecule has 0 bridgehead atoms. The van der Waals surface area contributed by atoms with E-state index in [1.54, 1.807) is 17.0 Å². The van der Waals surface area contributed by atoms with E-state index in [9.17, 15) is 13.2 Å². The van der Waals surface area contributed by atoms with Crippen LogP contribution in [-0.4, -0.2) is 38.6 Å². The fourth-order valence-corrected chi connectivity index (χ4v) is 3.68. The standard InChI is InChI=1S/C12H13N3O4S2/c1-15(2)10-5-3-8(7-13-10)14-21(18,19)11-6-4-9(20-11)12(16)17/h3-7,14H,1-2H3,(H,16,17). The maximum absolute atomic E-state index is 12.1. The van der Waals surface area contributed by atoms with Gasteiger partial charge in [0.05, 0.1) is 11.9 Å². The molecule has 0 aliphatic carbocycles. The molecule has 112 valence electrons. The van der Waals surface area contributed by atoms with Crippen molar-refractivity contribution in [2.24, 2.45) is 0 Å². The molecule has 0 saturated heterocycles. The molecule has 0 aliphatic rings. The first-order chi connectivity index (χ1) is 9.79. The molecule has 2 aromatic heterocycles. The van der Waals surface area contributed by atoms with Crippen LogP contribution in [-0.2, 0) is 10.0 Å². The van der Waals surface area contributed by atoms with Crippen molar-refractivity contribution in [3.8, 4) is 0 Å². The Hall–Kier alpha value is -2.13. The number of aromatic nitrogens is 1. The Kier molecular flexibility index (Phi) is 4.14. The van der Waals surface area contributed by atoms with Gasteiger partial charge >= 0.3 is 5.97 Å². The molecule has 9 heteroatoms. The van der Waals surface area contributed by atoms with Gasteiger partial charge in [0.15, 0.2) is 0 Å². The molecule has 0 radical (unpaired) electrons. The number of rotatable bonds is 5. The lowest BCUT2D eigenvalue weighted by atomic mass is 10.4. The largest absolute Gasteiger partial charge is 0.477 e. The van der Waals surface area contributed by atoms with Crippen LogP contribution in [0.4, 0.5) is 11.5 Å². The number of sulfonamides is 1. The molecule has 0 aromatic carbocycles. The number of pyridine rings is 1. The lowest BCUT2D eigenvalue weighted by molar-refractivity contribution is 0.0702. The summed E-state index contributed by atoms with van der Waals surface area (Å²) < 4.78 is 26.6. The molecule has 0 atom stereocenters. The zero-order valence-corrected chi connectivity index (χ0v) is 12.9. The molecule has 0 amide bonds. The topological polar surface area (TPSA) is 99.6 Å². The Morgan fingerprint density at radius 3 is 2.48 bits per heavy atom. The normalized spacial score (nSPS) is 11.1. The van der Waals surface area contributed by atoms with Crippen LogP contribution in [0, 0.1) is 0 Å². The summed E-state index contributed by atoms with van der Waals surface area (Å²) in [7, 11) is -0.158. The lowest BCUT2D eigenvalue weighted by Crippen LogP contribution is -2.13. The van der Waals surface area contributed by atoms with E-state index >= 15 is 0 Å². The summed E-state index contributed by atoms with van der Waals surface area (Å²) in [4.78, 5) is 16.6. The van der Waals surface area contributed by atoms with E-state index in [0.717, 1.165) is 0 Å². The van der Waals surface area contributed by atoms with Gasteiger partial charge < -0.3 is 10.0 Å². The summed E-state index contributed by atoms with van der Waals surface area (Å²) >= 11 is 0.697. The molecule has 2 heterocycles. The number of hydrogen-bond acceptors (Lipinski definition) is 6. The maximum Gasteiger partial charge on any atom is 0.345 e. The second-order valence-corrected chi connectivity index (χ2v) is 7.32. The number of nitrogens with one attached hydrogen (secondary N) is 1. The zero-order chi connectivity index (χ0) is 15.6. The molecule has 0 spiro atoms. The minimum Gasteiger partial charge on any atom is -0.477 e. The number of aromatic carboxylic acids is 1.